The van der Waals surface area contributed by atoms with Crippen LogP contribution in [0.2, 0.25) is 5.02 Å². The van der Waals surface area contributed by atoms with Crippen LogP contribution in [0, 0.1) is 5.82 Å². The largest absolute Gasteiger partial charge is 0.376 e. The minimum absolute atomic E-state index is 0.0771. The average molecular weight is 461 g/mol. The third-order valence-corrected chi connectivity index (χ3v) is 6.18. The minimum atomic E-state index is -0.305. The monoisotopic (exact) mass is 460 g/mol. The van der Waals surface area contributed by atoms with E-state index in [4.69, 9.17) is 16.3 Å². The Hall–Kier alpha value is -2.42. The van der Waals surface area contributed by atoms with E-state index >= 15 is 0 Å². The van der Waals surface area contributed by atoms with Crippen molar-refractivity contribution in [1.29, 1.82) is 0 Å². The van der Waals surface area contributed by atoms with Gasteiger partial charge in [0.2, 0.25) is 5.91 Å². The highest BCUT2D eigenvalue weighted by Gasteiger charge is 2.22. The number of rotatable bonds is 8. The number of ether oxygens (including phenoxy) is 1. The predicted octanol–water partition coefficient (Wildman–Crippen LogP) is 4.33. The van der Waals surface area contributed by atoms with E-state index < -0.39 is 0 Å². The molecule has 0 spiro atoms. The molecule has 0 radical (unpaired) electrons. The lowest BCUT2D eigenvalue weighted by molar-refractivity contribution is -0.118. The molecule has 1 fully saturated rings. The molecule has 1 saturated heterocycles. The third kappa shape index (κ3) is 5.84. The highest BCUT2D eigenvalue weighted by Crippen LogP contribution is 2.26. The molecule has 6 nitrogen and oxygen atoms in total. The van der Waals surface area contributed by atoms with Crippen molar-refractivity contribution in [2.45, 2.75) is 37.2 Å². The molecule has 2 heterocycles. The highest BCUT2D eigenvalue weighted by molar-refractivity contribution is 7.99. The van der Waals surface area contributed by atoms with Crippen LogP contribution in [-0.2, 0) is 22.6 Å². The molecule has 1 atom stereocenters. The first-order valence-electron chi connectivity index (χ1n) is 10.0. The van der Waals surface area contributed by atoms with E-state index in [-0.39, 0.29) is 23.6 Å². The van der Waals surface area contributed by atoms with E-state index in [0.717, 1.165) is 30.6 Å². The van der Waals surface area contributed by atoms with E-state index in [2.05, 4.69) is 15.5 Å². The predicted molar refractivity (Wildman–Crippen MR) is 118 cm³/mol. The van der Waals surface area contributed by atoms with Gasteiger partial charge in [-0.25, -0.2) is 4.39 Å². The molecule has 0 aliphatic carbocycles. The van der Waals surface area contributed by atoms with Gasteiger partial charge in [0.05, 0.1) is 18.4 Å². The van der Waals surface area contributed by atoms with E-state index in [1.165, 1.54) is 23.9 Å². The minimum Gasteiger partial charge on any atom is -0.376 e. The molecule has 1 amide bonds. The molecule has 162 valence electrons. The van der Waals surface area contributed by atoms with Crippen LogP contribution in [0.3, 0.4) is 0 Å². The molecule has 9 heteroatoms. The van der Waals surface area contributed by atoms with E-state index in [0.29, 0.717) is 29.1 Å². The van der Waals surface area contributed by atoms with Crippen molar-refractivity contribution in [3.05, 3.63) is 64.9 Å². The maximum absolute atomic E-state index is 13.3. The molecule has 1 unspecified atom stereocenters. The first-order chi connectivity index (χ1) is 15.1. The number of thioether (sulfide) groups is 1. The third-order valence-electron chi connectivity index (χ3n) is 4.96. The van der Waals surface area contributed by atoms with Gasteiger partial charge in [-0.1, -0.05) is 35.5 Å². The van der Waals surface area contributed by atoms with Crippen LogP contribution in [-0.4, -0.2) is 39.1 Å². The second-order valence-electron chi connectivity index (χ2n) is 7.25. The molecule has 0 saturated carbocycles. The topological polar surface area (TPSA) is 69.0 Å². The fourth-order valence-corrected chi connectivity index (χ4v) is 4.25. The van der Waals surface area contributed by atoms with E-state index in [9.17, 15) is 9.18 Å². The number of benzene rings is 2. The number of amides is 1. The van der Waals surface area contributed by atoms with Gasteiger partial charge in [0.1, 0.15) is 5.82 Å². The van der Waals surface area contributed by atoms with Crippen LogP contribution < -0.4 is 5.32 Å². The molecule has 3 aromatic rings. The van der Waals surface area contributed by atoms with Crippen LogP contribution >= 0.6 is 23.4 Å². The number of hydrogen-bond acceptors (Lipinski definition) is 5. The molecular formula is C22H22ClFN4O2S. The molecule has 4 rings (SSSR count). The summed E-state index contributed by atoms with van der Waals surface area (Å²) in [6.45, 7) is 1.77. The molecular weight excluding hydrogens is 439 g/mol. The Morgan fingerprint density at radius 1 is 1.19 bits per heavy atom. The maximum Gasteiger partial charge on any atom is 0.230 e. The van der Waals surface area contributed by atoms with Crippen LogP contribution in [0.25, 0.3) is 11.4 Å². The second-order valence-corrected chi connectivity index (χ2v) is 8.63. The summed E-state index contributed by atoms with van der Waals surface area (Å²) < 4.78 is 21.1. The lowest BCUT2D eigenvalue weighted by Crippen LogP contribution is -2.25. The first-order valence-corrected chi connectivity index (χ1v) is 11.4. The van der Waals surface area contributed by atoms with Crippen LogP contribution in [0.4, 0.5) is 4.39 Å². The number of carbonyl (C=O) groups is 1. The number of nitrogens with zero attached hydrogens (tertiary/aromatic N) is 3. The molecule has 1 aliphatic heterocycles. The number of halogens is 2. The molecule has 31 heavy (non-hydrogen) atoms. The van der Waals surface area contributed by atoms with Crippen molar-refractivity contribution in [1.82, 2.24) is 20.1 Å². The van der Waals surface area contributed by atoms with Crippen LogP contribution in [0.5, 0.6) is 0 Å². The highest BCUT2D eigenvalue weighted by atomic mass is 35.5. The molecule has 0 bridgehead atoms. The normalized spacial score (nSPS) is 15.9. The summed E-state index contributed by atoms with van der Waals surface area (Å²) >= 11 is 7.21. The Bertz CT molecular complexity index is 1020. The van der Waals surface area contributed by atoms with Gasteiger partial charge in [0, 0.05) is 23.7 Å². The van der Waals surface area contributed by atoms with Gasteiger partial charge in [-0.05, 0) is 54.8 Å². The zero-order valence-electron chi connectivity index (χ0n) is 16.8. The number of nitrogens with one attached hydrogen (secondary N) is 1. The number of aromatic nitrogens is 3. The van der Waals surface area contributed by atoms with E-state index in [1.807, 2.05) is 16.7 Å². The van der Waals surface area contributed by atoms with Crippen molar-refractivity contribution >= 4 is 29.3 Å². The standard InChI is InChI=1S/C22H22ClFN4O2S/c23-17-7-3-15(4-8-17)12-25-20(29)14-31-22-27-26-21(16-5-9-18(24)10-6-16)28(22)13-19-2-1-11-30-19/h3-10,19H,1-2,11-14H2,(H,25,29). The summed E-state index contributed by atoms with van der Waals surface area (Å²) in [4.78, 5) is 12.3. The molecule has 2 aromatic carbocycles. The Morgan fingerprint density at radius 2 is 1.97 bits per heavy atom. The Kier molecular flexibility index (Phi) is 7.21. The van der Waals surface area contributed by atoms with Crippen molar-refractivity contribution in [3.8, 4) is 11.4 Å². The average Bonchev–Trinajstić information content (AvgIpc) is 3.43. The van der Waals surface area contributed by atoms with Gasteiger partial charge in [0.15, 0.2) is 11.0 Å². The summed E-state index contributed by atoms with van der Waals surface area (Å²) in [5, 5.41) is 12.8. The van der Waals surface area contributed by atoms with Crippen LogP contribution in [0.1, 0.15) is 18.4 Å². The Labute approximate surface area is 189 Å². The Balaban J connectivity index is 1.43. The van der Waals surface area contributed by atoms with Gasteiger partial charge < -0.3 is 10.1 Å². The van der Waals surface area contributed by atoms with E-state index in [1.54, 1.807) is 24.3 Å². The maximum atomic E-state index is 13.3. The fraction of sp³-hybridized carbons (Fsp3) is 0.318. The van der Waals surface area contributed by atoms with Crippen LogP contribution in [0.15, 0.2) is 53.7 Å². The zero-order valence-corrected chi connectivity index (χ0v) is 18.3. The first kappa shape index (κ1) is 21.8. The number of hydrogen-bond donors (Lipinski definition) is 1. The second kappa shape index (κ2) is 10.3. The molecule has 1 aliphatic rings. The summed E-state index contributed by atoms with van der Waals surface area (Å²) in [6, 6.07) is 13.5. The SMILES string of the molecule is O=C(CSc1nnc(-c2ccc(F)cc2)n1CC1CCCO1)NCc1ccc(Cl)cc1. The molecule has 1 aromatic heterocycles. The summed E-state index contributed by atoms with van der Waals surface area (Å²) in [6.07, 6.45) is 2.06. The lowest BCUT2D eigenvalue weighted by atomic mass is 10.2. The Morgan fingerprint density at radius 3 is 2.68 bits per heavy atom. The summed E-state index contributed by atoms with van der Waals surface area (Å²) in [5.41, 5.74) is 1.74. The molecule has 1 N–H and O–H groups in total. The van der Waals surface area contributed by atoms with Gasteiger partial charge >= 0.3 is 0 Å². The van der Waals surface area contributed by atoms with Gasteiger partial charge in [-0.15, -0.1) is 10.2 Å². The smallest absolute Gasteiger partial charge is 0.230 e. The zero-order chi connectivity index (χ0) is 21.6. The fourth-order valence-electron chi connectivity index (χ4n) is 3.35. The van der Waals surface area contributed by atoms with Gasteiger partial charge in [-0.3, -0.25) is 9.36 Å². The van der Waals surface area contributed by atoms with Gasteiger partial charge in [-0.2, -0.15) is 0 Å². The number of carbonyl (C=O) groups excluding carboxylic acids is 1. The van der Waals surface area contributed by atoms with Crippen molar-refractivity contribution in [2.24, 2.45) is 0 Å². The lowest BCUT2D eigenvalue weighted by Gasteiger charge is -2.14. The van der Waals surface area contributed by atoms with Gasteiger partial charge in [0.25, 0.3) is 0 Å². The summed E-state index contributed by atoms with van der Waals surface area (Å²) in [5.74, 6) is 0.441. The van der Waals surface area contributed by atoms with Crippen molar-refractivity contribution in [3.63, 3.8) is 0 Å². The van der Waals surface area contributed by atoms with Crippen molar-refractivity contribution in [2.75, 3.05) is 12.4 Å². The van der Waals surface area contributed by atoms with Crippen molar-refractivity contribution < 1.29 is 13.9 Å². The quantitative estimate of drug-likeness (QED) is 0.507. The summed E-state index contributed by atoms with van der Waals surface area (Å²) in [7, 11) is 0.